The van der Waals surface area contributed by atoms with Crippen LogP contribution in [-0.2, 0) is 20.8 Å². The number of hydrogen-bond donors (Lipinski definition) is 0. The number of esters is 1. The summed E-state index contributed by atoms with van der Waals surface area (Å²) in [5, 5.41) is 0. The molecule has 0 atom stereocenters. The predicted octanol–water partition coefficient (Wildman–Crippen LogP) is 0.0426. The summed E-state index contributed by atoms with van der Waals surface area (Å²) in [4.78, 5) is 30.3. The van der Waals surface area contributed by atoms with E-state index in [-0.39, 0.29) is 11.9 Å². The minimum atomic E-state index is -0.376. The van der Waals surface area contributed by atoms with Crippen LogP contribution in [0.3, 0.4) is 0 Å². The molecule has 0 aliphatic carbocycles. The van der Waals surface area contributed by atoms with Gasteiger partial charge in [-0.15, -0.1) is 0 Å². The van der Waals surface area contributed by atoms with E-state index in [1.807, 2.05) is 4.90 Å². The van der Waals surface area contributed by atoms with Crippen LogP contribution in [-0.4, -0.2) is 92.7 Å². The molecule has 0 bridgehead atoms. The Morgan fingerprint density at radius 2 is 1.76 bits per heavy atom. The highest BCUT2D eigenvalue weighted by atomic mass is 16.5. The molecule has 0 aromatic carbocycles. The lowest BCUT2D eigenvalue weighted by Crippen LogP contribution is -2.51. The van der Waals surface area contributed by atoms with Crippen molar-refractivity contribution in [3.05, 3.63) is 23.7 Å². The number of carbonyl (C=O) groups is 2. The lowest BCUT2D eigenvalue weighted by atomic mass is 10.2. The highest BCUT2D eigenvalue weighted by Gasteiger charge is 2.24. The average molecular weight is 351 g/mol. The summed E-state index contributed by atoms with van der Waals surface area (Å²) in [7, 11) is 1.36. The minimum absolute atomic E-state index is 0.177. The summed E-state index contributed by atoms with van der Waals surface area (Å²) in [5.41, 5.74) is 0.479. The smallest absolute Gasteiger partial charge is 0.341 e. The number of carbonyl (C=O) groups excluding carboxylic acids is 2. The summed E-state index contributed by atoms with van der Waals surface area (Å²) in [6, 6.07) is 1.64. The number of hydrogen-bond acceptors (Lipinski definition) is 7. The highest BCUT2D eigenvalue weighted by molar-refractivity contribution is 5.90. The second-order valence-electron chi connectivity index (χ2n) is 6.29. The van der Waals surface area contributed by atoms with Gasteiger partial charge in [0.1, 0.15) is 11.3 Å². The van der Waals surface area contributed by atoms with Crippen molar-refractivity contribution in [2.45, 2.75) is 6.54 Å². The molecule has 0 unspecified atom stereocenters. The van der Waals surface area contributed by atoms with E-state index >= 15 is 0 Å². The molecule has 8 heteroatoms. The molecule has 8 nitrogen and oxygen atoms in total. The molecule has 0 N–H and O–H groups in total. The van der Waals surface area contributed by atoms with Crippen LogP contribution in [0.25, 0.3) is 0 Å². The Morgan fingerprint density at radius 3 is 2.44 bits per heavy atom. The molecule has 0 spiro atoms. The van der Waals surface area contributed by atoms with Gasteiger partial charge in [-0.1, -0.05) is 0 Å². The van der Waals surface area contributed by atoms with Crippen molar-refractivity contribution in [1.82, 2.24) is 14.7 Å². The van der Waals surface area contributed by atoms with Crippen molar-refractivity contribution < 1.29 is 23.5 Å². The van der Waals surface area contributed by atoms with Crippen LogP contribution in [0.4, 0.5) is 0 Å². The number of nitrogens with zero attached hydrogens (tertiary/aromatic N) is 3. The third-order valence-electron chi connectivity index (χ3n) is 4.71. The number of morpholine rings is 1. The first-order valence-corrected chi connectivity index (χ1v) is 8.62. The van der Waals surface area contributed by atoms with Gasteiger partial charge in [0.15, 0.2) is 0 Å². The van der Waals surface area contributed by atoms with Crippen molar-refractivity contribution in [3.8, 4) is 0 Å². The summed E-state index contributed by atoms with van der Waals surface area (Å²) in [5.74, 6) is 0.430. The molecule has 2 aliphatic rings. The lowest BCUT2D eigenvalue weighted by Gasteiger charge is -2.35. The monoisotopic (exact) mass is 351 g/mol. The van der Waals surface area contributed by atoms with Gasteiger partial charge in [0.25, 0.3) is 0 Å². The third-order valence-corrected chi connectivity index (χ3v) is 4.71. The number of amides is 1. The van der Waals surface area contributed by atoms with E-state index in [2.05, 4.69) is 9.80 Å². The van der Waals surface area contributed by atoms with Crippen LogP contribution >= 0.6 is 0 Å². The van der Waals surface area contributed by atoms with Gasteiger partial charge in [-0.2, -0.15) is 0 Å². The molecule has 2 fully saturated rings. The van der Waals surface area contributed by atoms with Crippen molar-refractivity contribution in [2.75, 3.05) is 66.1 Å². The third kappa shape index (κ3) is 4.59. The Morgan fingerprint density at radius 1 is 1.08 bits per heavy atom. The Kier molecular flexibility index (Phi) is 6.06. The molecule has 138 valence electrons. The van der Waals surface area contributed by atoms with E-state index in [9.17, 15) is 9.59 Å². The maximum Gasteiger partial charge on any atom is 0.341 e. The van der Waals surface area contributed by atoms with Crippen molar-refractivity contribution in [1.29, 1.82) is 0 Å². The zero-order valence-electron chi connectivity index (χ0n) is 14.6. The summed E-state index contributed by atoms with van der Waals surface area (Å²) in [6.45, 7) is 6.98. The molecule has 2 saturated heterocycles. The second-order valence-corrected chi connectivity index (χ2v) is 6.29. The Bertz CT molecular complexity index is 589. The van der Waals surface area contributed by atoms with E-state index in [4.69, 9.17) is 13.9 Å². The maximum absolute atomic E-state index is 12.3. The fourth-order valence-electron chi connectivity index (χ4n) is 3.17. The Balaban J connectivity index is 1.45. The highest BCUT2D eigenvalue weighted by Crippen LogP contribution is 2.16. The van der Waals surface area contributed by atoms with E-state index in [0.717, 1.165) is 26.2 Å². The average Bonchev–Trinajstić information content (AvgIpc) is 3.11. The molecule has 25 heavy (non-hydrogen) atoms. The summed E-state index contributed by atoms with van der Waals surface area (Å²) < 4.78 is 15.5. The zero-order valence-corrected chi connectivity index (χ0v) is 14.6. The van der Waals surface area contributed by atoms with E-state index < -0.39 is 0 Å². The molecule has 2 aliphatic heterocycles. The van der Waals surface area contributed by atoms with Crippen molar-refractivity contribution >= 4 is 11.9 Å². The summed E-state index contributed by atoms with van der Waals surface area (Å²) in [6.07, 6.45) is 1.51. The van der Waals surface area contributed by atoms with E-state index in [1.54, 1.807) is 6.07 Å². The molecule has 1 aromatic heterocycles. The molecule has 0 radical (unpaired) electrons. The quantitative estimate of drug-likeness (QED) is 0.694. The van der Waals surface area contributed by atoms with E-state index in [1.165, 1.54) is 13.4 Å². The Labute approximate surface area is 147 Å². The Hall–Kier alpha value is -1.90. The van der Waals surface area contributed by atoms with Gasteiger partial charge in [0.2, 0.25) is 5.91 Å². The number of ether oxygens (including phenoxy) is 2. The number of rotatable bonds is 5. The first-order valence-electron chi connectivity index (χ1n) is 8.62. The zero-order chi connectivity index (χ0) is 17.6. The first kappa shape index (κ1) is 17.9. The number of piperazine rings is 1. The van der Waals surface area contributed by atoms with Crippen molar-refractivity contribution in [2.24, 2.45) is 0 Å². The number of methoxy groups -OCH3 is 1. The lowest BCUT2D eigenvalue weighted by molar-refractivity contribution is -0.136. The maximum atomic E-state index is 12.3. The van der Waals surface area contributed by atoms with Gasteiger partial charge < -0.3 is 18.8 Å². The van der Waals surface area contributed by atoms with Gasteiger partial charge >= 0.3 is 5.97 Å². The molecular formula is C17H25N3O5. The fraction of sp³-hybridized carbons (Fsp3) is 0.647. The van der Waals surface area contributed by atoms with Crippen LogP contribution in [0.5, 0.6) is 0 Å². The van der Waals surface area contributed by atoms with Gasteiger partial charge in [-0.25, -0.2) is 4.79 Å². The fourth-order valence-corrected chi connectivity index (χ4v) is 3.17. The molecule has 1 aromatic rings. The molecule has 3 rings (SSSR count). The van der Waals surface area contributed by atoms with Crippen LogP contribution < -0.4 is 0 Å². The predicted molar refractivity (Wildman–Crippen MR) is 89.2 cm³/mol. The standard InChI is InChI=1S/C17H25N3O5/c1-23-17(22)14-2-9-25-15(14)12-18-3-5-19(6-4-18)13-16(21)20-7-10-24-11-8-20/h2,9H,3-8,10-13H2,1H3. The van der Waals surface area contributed by atoms with Gasteiger partial charge in [-0.05, 0) is 6.07 Å². The molecule has 0 saturated carbocycles. The SMILES string of the molecule is COC(=O)c1ccoc1CN1CCN(CC(=O)N2CCOCC2)CC1. The van der Waals surface area contributed by atoms with Gasteiger partial charge in [0, 0.05) is 39.3 Å². The van der Waals surface area contributed by atoms with Crippen LogP contribution in [0.15, 0.2) is 16.7 Å². The van der Waals surface area contributed by atoms with Crippen LogP contribution in [0.2, 0.25) is 0 Å². The first-order chi connectivity index (χ1) is 12.2. The van der Waals surface area contributed by atoms with Crippen LogP contribution in [0, 0.1) is 0 Å². The molecule has 3 heterocycles. The molecule has 1 amide bonds. The van der Waals surface area contributed by atoms with Crippen LogP contribution in [0.1, 0.15) is 16.1 Å². The summed E-state index contributed by atoms with van der Waals surface area (Å²) >= 11 is 0. The minimum Gasteiger partial charge on any atom is -0.467 e. The van der Waals surface area contributed by atoms with E-state index in [0.29, 0.717) is 50.7 Å². The van der Waals surface area contributed by atoms with Crippen molar-refractivity contribution in [3.63, 3.8) is 0 Å². The number of furan rings is 1. The topological polar surface area (TPSA) is 75.5 Å². The normalized spacial score (nSPS) is 19.8. The van der Waals surface area contributed by atoms with Gasteiger partial charge in [-0.3, -0.25) is 14.6 Å². The molecular weight excluding hydrogens is 326 g/mol. The van der Waals surface area contributed by atoms with Gasteiger partial charge in [0.05, 0.1) is 39.7 Å². The second kappa shape index (κ2) is 8.46. The largest absolute Gasteiger partial charge is 0.467 e.